The van der Waals surface area contributed by atoms with E-state index in [1.165, 1.54) is 30.3 Å². The maximum Gasteiger partial charge on any atom is 0.163 e. The molecule has 1 N–H and O–H groups in total. The molecule has 0 unspecified atom stereocenters. The van der Waals surface area contributed by atoms with Gasteiger partial charge in [-0.3, -0.25) is 0 Å². The SMILES string of the molecule is CNc1nsnc1C1CC1. The lowest BCUT2D eigenvalue weighted by Crippen LogP contribution is -1.92. The average Bonchev–Trinajstić information content (AvgIpc) is 2.69. The van der Waals surface area contributed by atoms with Crippen molar-refractivity contribution in [3.63, 3.8) is 0 Å². The summed E-state index contributed by atoms with van der Waals surface area (Å²) in [5.74, 6) is 1.69. The maximum atomic E-state index is 4.22. The molecule has 0 saturated heterocycles. The molecule has 0 aromatic carbocycles. The molecule has 0 aliphatic heterocycles. The molecule has 1 fully saturated rings. The summed E-state index contributed by atoms with van der Waals surface area (Å²) in [7, 11) is 1.89. The Morgan fingerprint density at radius 3 is 2.90 bits per heavy atom. The van der Waals surface area contributed by atoms with E-state index in [9.17, 15) is 0 Å². The minimum absolute atomic E-state index is 0.709. The van der Waals surface area contributed by atoms with E-state index < -0.39 is 0 Å². The molecule has 10 heavy (non-hydrogen) atoms. The molecule has 54 valence electrons. The van der Waals surface area contributed by atoms with Crippen LogP contribution in [0, 0.1) is 0 Å². The third-order valence-electron chi connectivity index (χ3n) is 1.71. The highest BCUT2D eigenvalue weighted by atomic mass is 32.1. The molecular formula is C6H9N3S. The number of hydrogen-bond donors (Lipinski definition) is 1. The van der Waals surface area contributed by atoms with Gasteiger partial charge in [0, 0.05) is 13.0 Å². The first-order chi connectivity index (χ1) is 4.92. The minimum atomic E-state index is 0.709. The Labute approximate surface area is 63.8 Å². The van der Waals surface area contributed by atoms with Gasteiger partial charge in [-0.1, -0.05) is 0 Å². The van der Waals surface area contributed by atoms with Crippen LogP contribution in [-0.2, 0) is 0 Å². The minimum Gasteiger partial charge on any atom is -0.371 e. The lowest BCUT2D eigenvalue weighted by atomic mass is 10.3. The lowest BCUT2D eigenvalue weighted by Gasteiger charge is -1.94. The molecule has 1 heterocycles. The standard InChI is InChI=1S/C6H9N3S/c1-7-6-5(4-2-3-4)8-10-9-6/h4H,2-3H2,1H3,(H,7,9). The summed E-state index contributed by atoms with van der Waals surface area (Å²) in [5, 5.41) is 3.03. The van der Waals surface area contributed by atoms with Crippen LogP contribution in [0.25, 0.3) is 0 Å². The first-order valence-corrected chi connectivity index (χ1v) is 4.15. The van der Waals surface area contributed by atoms with E-state index in [-0.39, 0.29) is 0 Å². The summed E-state index contributed by atoms with van der Waals surface area (Å²) in [5.41, 5.74) is 1.17. The Morgan fingerprint density at radius 2 is 2.30 bits per heavy atom. The van der Waals surface area contributed by atoms with Crippen LogP contribution in [0.3, 0.4) is 0 Å². The molecule has 0 spiro atoms. The van der Waals surface area contributed by atoms with E-state index in [1.807, 2.05) is 7.05 Å². The van der Waals surface area contributed by atoms with E-state index in [0.29, 0.717) is 5.92 Å². The highest BCUT2D eigenvalue weighted by Gasteiger charge is 2.28. The number of nitrogens with zero attached hydrogens (tertiary/aromatic N) is 2. The van der Waals surface area contributed by atoms with Gasteiger partial charge in [-0.25, -0.2) is 0 Å². The van der Waals surface area contributed by atoms with E-state index >= 15 is 0 Å². The number of anilines is 1. The fourth-order valence-electron chi connectivity index (χ4n) is 0.994. The summed E-state index contributed by atoms with van der Waals surface area (Å²) in [6.45, 7) is 0. The zero-order valence-corrected chi connectivity index (χ0v) is 6.61. The number of hydrogen-bond acceptors (Lipinski definition) is 4. The molecule has 1 aliphatic carbocycles. The van der Waals surface area contributed by atoms with Gasteiger partial charge in [-0.05, 0) is 12.8 Å². The summed E-state index contributed by atoms with van der Waals surface area (Å²) in [6.07, 6.45) is 2.58. The Bertz CT molecular complexity index is 229. The quantitative estimate of drug-likeness (QED) is 0.702. The Kier molecular flexibility index (Phi) is 1.34. The van der Waals surface area contributed by atoms with Crippen molar-refractivity contribution in [3.05, 3.63) is 5.69 Å². The largest absolute Gasteiger partial charge is 0.371 e. The maximum absolute atomic E-state index is 4.22. The fourth-order valence-corrected chi connectivity index (χ4v) is 1.62. The normalized spacial score (nSPS) is 17.3. The van der Waals surface area contributed by atoms with Gasteiger partial charge in [0.25, 0.3) is 0 Å². The second-order valence-electron chi connectivity index (χ2n) is 2.52. The van der Waals surface area contributed by atoms with Crippen LogP contribution < -0.4 is 5.32 Å². The summed E-state index contributed by atoms with van der Waals surface area (Å²) in [6, 6.07) is 0. The third kappa shape index (κ3) is 0.883. The first kappa shape index (κ1) is 6.09. The van der Waals surface area contributed by atoms with Crippen molar-refractivity contribution in [2.24, 2.45) is 0 Å². The highest BCUT2D eigenvalue weighted by molar-refractivity contribution is 6.99. The van der Waals surface area contributed by atoms with E-state index in [0.717, 1.165) is 5.82 Å². The molecule has 1 aromatic rings. The number of nitrogens with one attached hydrogen (secondary N) is 1. The predicted molar refractivity (Wildman–Crippen MR) is 41.4 cm³/mol. The molecule has 2 rings (SSSR count). The highest BCUT2D eigenvalue weighted by Crippen LogP contribution is 2.42. The van der Waals surface area contributed by atoms with Crippen LogP contribution in [0.1, 0.15) is 24.5 Å². The van der Waals surface area contributed by atoms with Crippen molar-refractivity contribution in [1.82, 2.24) is 8.75 Å². The molecule has 0 bridgehead atoms. The van der Waals surface area contributed by atoms with Crippen molar-refractivity contribution < 1.29 is 0 Å². The van der Waals surface area contributed by atoms with Crippen molar-refractivity contribution in [2.45, 2.75) is 18.8 Å². The fraction of sp³-hybridized carbons (Fsp3) is 0.667. The van der Waals surface area contributed by atoms with E-state index in [2.05, 4.69) is 14.1 Å². The molecule has 0 amide bonds. The van der Waals surface area contributed by atoms with E-state index in [1.54, 1.807) is 0 Å². The molecular weight excluding hydrogens is 146 g/mol. The summed E-state index contributed by atoms with van der Waals surface area (Å²) >= 11 is 1.30. The topological polar surface area (TPSA) is 37.8 Å². The van der Waals surface area contributed by atoms with Gasteiger partial charge >= 0.3 is 0 Å². The lowest BCUT2D eigenvalue weighted by molar-refractivity contribution is 1.07. The van der Waals surface area contributed by atoms with Crippen molar-refractivity contribution in [1.29, 1.82) is 0 Å². The third-order valence-corrected chi connectivity index (χ3v) is 2.26. The van der Waals surface area contributed by atoms with Gasteiger partial charge in [0.05, 0.1) is 11.7 Å². The predicted octanol–water partition coefficient (Wildman–Crippen LogP) is 1.46. The monoisotopic (exact) mass is 155 g/mol. The van der Waals surface area contributed by atoms with Crippen LogP contribution in [0.2, 0.25) is 0 Å². The molecule has 3 nitrogen and oxygen atoms in total. The van der Waals surface area contributed by atoms with Crippen molar-refractivity contribution in [3.8, 4) is 0 Å². The molecule has 1 saturated carbocycles. The van der Waals surface area contributed by atoms with Crippen LogP contribution in [0.4, 0.5) is 5.82 Å². The first-order valence-electron chi connectivity index (χ1n) is 3.42. The van der Waals surface area contributed by atoms with E-state index in [4.69, 9.17) is 0 Å². The summed E-state index contributed by atoms with van der Waals surface area (Å²) in [4.78, 5) is 0. The van der Waals surface area contributed by atoms with Gasteiger partial charge in [0.15, 0.2) is 5.82 Å². The van der Waals surface area contributed by atoms with Gasteiger partial charge in [0.2, 0.25) is 0 Å². The van der Waals surface area contributed by atoms with Crippen LogP contribution in [0.15, 0.2) is 0 Å². The zero-order chi connectivity index (χ0) is 6.97. The van der Waals surface area contributed by atoms with Gasteiger partial charge in [-0.2, -0.15) is 8.75 Å². The van der Waals surface area contributed by atoms with Crippen LogP contribution in [0.5, 0.6) is 0 Å². The molecule has 0 atom stereocenters. The van der Waals surface area contributed by atoms with Crippen LogP contribution in [-0.4, -0.2) is 15.8 Å². The van der Waals surface area contributed by atoms with Gasteiger partial charge in [0.1, 0.15) is 5.69 Å². The molecule has 4 heteroatoms. The van der Waals surface area contributed by atoms with Crippen molar-refractivity contribution >= 4 is 17.5 Å². The summed E-state index contributed by atoms with van der Waals surface area (Å²) < 4.78 is 8.33. The second-order valence-corrected chi connectivity index (χ2v) is 3.05. The van der Waals surface area contributed by atoms with Crippen LogP contribution >= 0.6 is 11.7 Å². The average molecular weight is 155 g/mol. The smallest absolute Gasteiger partial charge is 0.163 e. The molecule has 1 aromatic heterocycles. The number of rotatable bonds is 2. The number of aromatic nitrogens is 2. The Hall–Kier alpha value is -0.640. The Balaban J connectivity index is 2.28. The second kappa shape index (κ2) is 2.20. The Morgan fingerprint density at radius 1 is 1.50 bits per heavy atom. The van der Waals surface area contributed by atoms with Gasteiger partial charge < -0.3 is 5.32 Å². The molecule has 0 radical (unpaired) electrons. The van der Waals surface area contributed by atoms with Gasteiger partial charge in [-0.15, -0.1) is 0 Å². The zero-order valence-electron chi connectivity index (χ0n) is 5.79. The molecule has 1 aliphatic rings. The van der Waals surface area contributed by atoms with Crippen molar-refractivity contribution in [2.75, 3.05) is 12.4 Å².